The van der Waals surface area contributed by atoms with Crippen molar-refractivity contribution in [3.63, 3.8) is 0 Å². The van der Waals surface area contributed by atoms with Gasteiger partial charge in [-0.05, 0) is 24.1 Å². The molecule has 0 atom stereocenters. The largest absolute Gasteiger partial charge is 0.443 e. The molecular weight excluding hydrogens is 345 g/mol. The van der Waals surface area contributed by atoms with Gasteiger partial charge in [-0.15, -0.1) is 11.3 Å². The van der Waals surface area contributed by atoms with Gasteiger partial charge in [0, 0.05) is 17.9 Å². The Kier molecular flexibility index (Phi) is 5.23. The Morgan fingerprint density at radius 1 is 1.33 bits per heavy atom. The number of thiazole rings is 1. The van der Waals surface area contributed by atoms with Gasteiger partial charge in [0.05, 0.1) is 0 Å². The minimum absolute atomic E-state index is 0.144. The molecule has 5 nitrogen and oxygen atoms in total. The van der Waals surface area contributed by atoms with Crippen LogP contribution < -0.4 is 10.1 Å². The Morgan fingerprint density at radius 2 is 2.04 bits per heavy atom. The van der Waals surface area contributed by atoms with Gasteiger partial charge in [0.15, 0.2) is 5.01 Å². The lowest BCUT2D eigenvalue weighted by Gasteiger charge is -2.09. The summed E-state index contributed by atoms with van der Waals surface area (Å²) in [5, 5.41) is 2.35. The number of hydrogen-bond donors (Lipinski definition) is 1. The molecule has 0 saturated carbocycles. The minimum atomic E-state index is -4.56. The third-order valence-electron chi connectivity index (χ3n) is 2.95. The zero-order valence-corrected chi connectivity index (χ0v) is 13.5. The molecule has 2 rings (SSSR count). The number of carbonyl (C=O) groups excluding carboxylic acids is 2. The summed E-state index contributed by atoms with van der Waals surface area (Å²) >= 11 is 0.391. The Bertz CT molecular complexity index is 772. The second kappa shape index (κ2) is 7.00. The fourth-order valence-corrected chi connectivity index (χ4v) is 2.51. The van der Waals surface area contributed by atoms with Gasteiger partial charge in [-0.2, -0.15) is 13.2 Å². The van der Waals surface area contributed by atoms with Crippen LogP contribution >= 0.6 is 11.3 Å². The molecule has 1 heterocycles. The van der Waals surface area contributed by atoms with Crippen molar-refractivity contribution in [2.24, 2.45) is 0 Å². The molecule has 1 N–H and O–H groups in total. The first-order valence-corrected chi connectivity index (χ1v) is 7.74. The average molecular weight is 358 g/mol. The fraction of sp³-hybridized carbons (Fsp3) is 0.267. The van der Waals surface area contributed by atoms with Crippen molar-refractivity contribution in [1.29, 1.82) is 0 Å². The van der Waals surface area contributed by atoms with Crippen molar-refractivity contribution in [2.45, 2.75) is 26.4 Å². The van der Waals surface area contributed by atoms with Crippen LogP contribution in [0.15, 0.2) is 23.6 Å². The van der Waals surface area contributed by atoms with Crippen LogP contribution in [0.4, 0.5) is 19.0 Å². The quantitative estimate of drug-likeness (QED) is 0.665. The maximum absolute atomic E-state index is 12.5. The van der Waals surface area contributed by atoms with Crippen LogP contribution in [0.2, 0.25) is 0 Å². The molecule has 24 heavy (non-hydrogen) atoms. The second-order valence-corrected chi connectivity index (χ2v) is 5.62. The van der Waals surface area contributed by atoms with Crippen molar-refractivity contribution >= 4 is 29.0 Å². The highest BCUT2D eigenvalue weighted by atomic mass is 32.1. The van der Waals surface area contributed by atoms with Gasteiger partial charge < -0.3 is 10.1 Å². The standard InChI is InChI=1S/C15H13F3N2O3S/c1-3-9-4-5-10(6-11(9)23-8(2)21)13(22)19-12-7-24-14(20-12)15(16,17)18/h4-7H,3H2,1-2H3,(H,19,22). The summed E-state index contributed by atoms with van der Waals surface area (Å²) in [4.78, 5) is 26.6. The van der Waals surface area contributed by atoms with Gasteiger partial charge >= 0.3 is 12.1 Å². The van der Waals surface area contributed by atoms with Gasteiger partial charge in [-0.3, -0.25) is 9.59 Å². The normalized spacial score (nSPS) is 11.2. The number of rotatable bonds is 4. The summed E-state index contributed by atoms with van der Waals surface area (Å²) in [5.74, 6) is -1.13. The number of carbonyl (C=O) groups is 2. The second-order valence-electron chi connectivity index (χ2n) is 4.76. The minimum Gasteiger partial charge on any atom is -0.426 e. The fourth-order valence-electron chi connectivity index (χ4n) is 1.89. The summed E-state index contributed by atoms with van der Waals surface area (Å²) in [6.07, 6.45) is -3.97. The van der Waals surface area contributed by atoms with Crippen LogP contribution in [0.5, 0.6) is 5.75 Å². The van der Waals surface area contributed by atoms with E-state index in [0.29, 0.717) is 17.8 Å². The van der Waals surface area contributed by atoms with E-state index in [0.717, 1.165) is 10.9 Å². The van der Waals surface area contributed by atoms with Crippen LogP contribution in [0, 0.1) is 0 Å². The molecule has 128 valence electrons. The highest BCUT2D eigenvalue weighted by Crippen LogP contribution is 2.33. The Labute approximate surface area is 139 Å². The van der Waals surface area contributed by atoms with E-state index in [-0.39, 0.29) is 17.1 Å². The van der Waals surface area contributed by atoms with Crippen molar-refractivity contribution in [2.75, 3.05) is 5.32 Å². The van der Waals surface area contributed by atoms with Crippen molar-refractivity contribution in [3.8, 4) is 5.75 Å². The Morgan fingerprint density at radius 3 is 2.58 bits per heavy atom. The van der Waals surface area contributed by atoms with Gasteiger partial charge in [0.1, 0.15) is 11.6 Å². The van der Waals surface area contributed by atoms with Crippen LogP contribution in [-0.2, 0) is 17.4 Å². The third-order valence-corrected chi connectivity index (χ3v) is 3.84. The zero-order chi connectivity index (χ0) is 17.9. The number of hydrogen-bond acceptors (Lipinski definition) is 5. The molecule has 0 aliphatic carbocycles. The molecule has 1 aromatic carbocycles. The smallest absolute Gasteiger partial charge is 0.426 e. The molecule has 0 radical (unpaired) electrons. The maximum Gasteiger partial charge on any atom is 0.443 e. The molecule has 0 aliphatic heterocycles. The number of nitrogens with zero attached hydrogens (tertiary/aromatic N) is 1. The third kappa shape index (κ3) is 4.31. The molecular formula is C15H13F3N2O3S. The molecule has 0 saturated heterocycles. The monoisotopic (exact) mass is 358 g/mol. The van der Waals surface area contributed by atoms with E-state index < -0.39 is 23.1 Å². The van der Waals surface area contributed by atoms with Crippen LogP contribution in [0.3, 0.4) is 0 Å². The lowest BCUT2D eigenvalue weighted by Crippen LogP contribution is -2.14. The van der Waals surface area contributed by atoms with Gasteiger partial charge in [-0.1, -0.05) is 13.0 Å². The Hall–Kier alpha value is -2.42. The number of alkyl halides is 3. The van der Waals surface area contributed by atoms with Gasteiger partial charge in [-0.25, -0.2) is 4.98 Å². The number of aryl methyl sites for hydroxylation is 1. The number of anilines is 1. The summed E-state index contributed by atoms with van der Waals surface area (Å²) in [6.45, 7) is 3.09. The van der Waals surface area contributed by atoms with Crippen molar-refractivity contribution < 1.29 is 27.5 Å². The summed E-state index contributed by atoms with van der Waals surface area (Å²) in [7, 11) is 0. The molecule has 1 aromatic heterocycles. The molecule has 0 fully saturated rings. The zero-order valence-electron chi connectivity index (χ0n) is 12.7. The lowest BCUT2D eigenvalue weighted by molar-refractivity contribution is -0.137. The Balaban J connectivity index is 2.20. The van der Waals surface area contributed by atoms with E-state index in [1.54, 1.807) is 6.07 Å². The average Bonchev–Trinajstić information content (AvgIpc) is 2.95. The molecule has 0 bridgehead atoms. The number of ether oxygens (including phenoxy) is 1. The molecule has 0 unspecified atom stereocenters. The first-order valence-electron chi connectivity index (χ1n) is 6.86. The summed E-state index contributed by atoms with van der Waals surface area (Å²) in [6, 6.07) is 4.49. The van der Waals surface area contributed by atoms with E-state index in [1.807, 2.05) is 6.92 Å². The lowest BCUT2D eigenvalue weighted by atomic mass is 10.1. The number of nitrogens with one attached hydrogen (secondary N) is 1. The number of benzene rings is 1. The first kappa shape index (κ1) is 17.9. The predicted molar refractivity (Wildman–Crippen MR) is 82.2 cm³/mol. The topological polar surface area (TPSA) is 68.3 Å². The highest BCUT2D eigenvalue weighted by molar-refractivity contribution is 7.10. The number of aromatic nitrogens is 1. The van der Waals surface area contributed by atoms with Gasteiger partial charge in [0.2, 0.25) is 0 Å². The van der Waals surface area contributed by atoms with E-state index >= 15 is 0 Å². The molecule has 9 heteroatoms. The van der Waals surface area contributed by atoms with E-state index in [4.69, 9.17) is 4.74 Å². The van der Waals surface area contributed by atoms with Crippen LogP contribution in [0.1, 0.15) is 34.8 Å². The van der Waals surface area contributed by atoms with E-state index in [1.165, 1.54) is 19.1 Å². The number of halogens is 3. The molecule has 0 aliphatic rings. The number of amides is 1. The molecule has 0 spiro atoms. The summed E-state index contributed by atoms with van der Waals surface area (Å²) < 4.78 is 42.6. The van der Waals surface area contributed by atoms with Crippen LogP contribution in [0.25, 0.3) is 0 Å². The van der Waals surface area contributed by atoms with Gasteiger partial charge in [0.25, 0.3) is 5.91 Å². The van der Waals surface area contributed by atoms with Crippen molar-refractivity contribution in [1.82, 2.24) is 4.98 Å². The maximum atomic E-state index is 12.5. The van der Waals surface area contributed by atoms with E-state index in [2.05, 4.69) is 10.3 Å². The SMILES string of the molecule is CCc1ccc(C(=O)Nc2csc(C(F)(F)F)n2)cc1OC(C)=O. The number of esters is 1. The molecule has 2 aromatic rings. The summed E-state index contributed by atoms with van der Waals surface area (Å²) in [5.41, 5.74) is 0.875. The van der Waals surface area contributed by atoms with Crippen molar-refractivity contribution in [3.05, 3.63) is 39.7 Å². The predicted octanol–water partition coefficient (Wildman–Crippen LogP) is 3.90. The molecule has 1 amide bonds. The highest BCUT2D eigenvalue weighted by Gasteiger charge is 2.34. The first-order chi connectivity index (χ1) is 11.2. The van der Waals surface area contributed by atoms with Crippen LogP contribution in [-0.4, -0.2) is 16.9 Å². The van der Waals surface area contributed by atoms with E-state index in [9.17, 15) is 22.8 Å².